The summed E-state index contributed by atoms with van der Waals surface area (Å²) in [6.45, 7) is 6.42. The van der Waals surface area contributed by atoms with Crippen molar-refractivity contribution in [2.45, 2.75) is 18.5 Å². The molecule has 9 heteroatoms. The molecule has 0 N–H and O–H groups in total. The number of hydrogen-bond acceptors (Lipinski definition) is 7. The fourth-order valence-electron chi connectivity index (χ4n) is 3.07. The Kier molecular flexibility index (Phi) is 6.93. The molecule has 2 heterocycles. The molecule has 0 spiro atoms. The molecule has 28 heavy (non-hydrogen) atoms. The second kappa shape index (κ2) is 9.40. The average molecular weight is 421 g/mol. The lowest BCUT2D eigenvalue weighted by molar-refractivity contribution is -0.140. The van der Waals surface area contributed by atoms with Crippen LogP contribution in [0.3, 0.4) is 0 Å². The zero-order chi connectivity index (χ0) is 20.1. The molecule has 3 rings (SSSR count). The molecule has 1 fully saturated rings. The maximum atomic E-state index is 11.9. The van der Waals surface area contributed by atoms with Crippen LogP contribution in [0.15, 0.2) is 36.9 Å². The van der Waals surface area contributed by atoms with Gasteiger partial charge in [0, 0.05) is 31.0 Å². The summed E-state index contributed by atoms with van der Waals surface area (Å²) in [4.78, 5) is 14.1. The molecule has 1 atom stereocenters. The molecule has 0 amide bonds. The van der Waals surface area contributed by atoms with Gasteiger partial charge in [-0.05, 0) is 36.5 Å². The molecule has 0 saturated carbocycles. The highest BCUT2D eigenvalue weighted by Crippen LogP contribution is 2.23. The van der Waals surface area contributed by atoms with E-state index in [-0.39, 0.29) is 11.2 Å². The maximum Gasteiger partial charge on any atom is 0.320 e. The molecule has 0 radical (unpaired) electrons. The van der Waals surface area contributed by atoms with Gasteiger partial charge in [0.05, 0.1) is 20.9 Å². The van der Waals surface area contributed by atoms with Crippen molar-refractivity contribution in [2.75, 3.05) is 33.1 Å². The lowest BCUT2D eigenvalue weighted by atomic mass is 10.2. The Morgan fingerprint density at radius 3 is 2.79 bits per heavy atom. The topological polar surface area (TPSA) is 61.5 Å². The minimum Gasteiger partial charge on any atom is -0.497 e. The number of methoxy groups -OCH3 is 2. The third kappa shape index (κ3) is 4.48. The lowest BCUT2D eigenvalue weighted by Crippen LogP contribution is -2.42. The minimum atomic E-state index is -0.186. The van der Waals surface area contributed by atoms with Crippen molar-refractivity contribution < 1.29 is 14.3 Å². The van der Waals surface area contributed by atoms with Crippen LogP contribution in [0.2, 0.25) is 0 Å². The number of benzene rings is 1. The highest BCUT2D eigenvalue weighted by molar-refractivity contribution is 8.00. The first kappa shape index (κ1) is 20.6. The second-order valence-corrected chi connectivity index (χ2v) is 8.01. The molecule has 7 nitrogen and oxygen atoms in total. The summed E-state index contributed by atoms with van der Waals surface area (Å²) in [6.07, 6.45) is 1.81. The first-order valence-corrected chi connectivity index (χ1v) is 10.4. The number of rotatable bonds is 7. The normalized spacial score (nSPS) is 17.3. The number of aromatic nitrogens is 3. The highest BCUT2D eigenvalue weighted by atomic mass is 32.2. The number of carbonyl (C=O) groups excluding carboxylic acids is 1. The Labute approximate surface area is 173 Å². The maximum absolute atomic E-state index is 11.9. The molecule has 1 aliphatic rings. The van der Waals surface area contributed by atoms with E-state index in [2.05, 4.69) is 11.5 Å². The van der Waals surface area contributed by atoms with E-state index >= 15 is 0 Å². The summed E-state index contributed by atoms with van der Waals surface area (Å²) in [5, 5.41) is 4.58. The fourth-order valence-corrected chi connectivity index (χ4v) is 4.53. The lowest BCUT2D eigenvalue weighted by Gasteiger charge is -2.30. The summed E-state index contributed by atoms with van der Waals surface area (Å²) in [7, 11) is 3.07. The molecule has 0 aliphatic carbocycles. The zero-order valence-corrected chi connectivity index (χ0v) is 17.7. The van der Waals surface area contributed by atoms with Crippen LogP contribution in [-0.4, -0.2) is 63.5 Å². The van der Waals surface area contributed by atoms with Gasteiger partial charge in [0.15, 0.2) is 10.6 Å². The molecular weight excluding hydrogens is 396 g/mol. The fraction of sp³-hybridized carbons (Fsp3) is 0.421. The van der Waals surface area contributed by atoms with Crippen molar-refractivity contribution in [1.29, 1.82) is 0 Å². The number of esters is 1. The Morgan fingerprint density at radius 2 is 2.14 bits per heavy atom. The van der Waals surface area contributed by atoms with E-state index in [1.807, 2.05) is 33.5 Å². The zero-order valence-electron chi connectivity index (χ0n) is 16.0. The average Bonchev–Trinajstić information content (AvgIpc) is 3.03. The van der Waals surface area contributed by atoms with Crippen LogP contribution in [0.1, 0.15) is 0 Å². The van der Waals surface area contributed by atoms with Crippen molar-refractivity contribution in [3.8, 4) is 17.1 Å². The number of nitrogens with zero attached hydrogens (tertiary/aromatic N) is 4. The summed E-state index contributed by atoms with van der Waals surface area (Å²) < 4.78 is 14.5. The van der Waals surface area contributed by atoms with Gasteiger partial charge < -0.3 is 9.47 Å². The van der Waals surface area contributed by atoms with E-state index in [9.17, 15) is 4.79 Å². The minimum absolute atomic E-state index is 0.177. The van der Waals surface area contributed by atoms with Crippen LogP contribution in [-0.2, 0) is 22.7 Å². The van der Waals surface area contributed by atoms with Gasteiger partial charge in [-0.3, -0.25) is 14.3 Å². The molecule has 0 bridgehead atoms. The van der Waals surface area contributed by atoms with E-state index < -0.39 is 0 Å². The van der Waals surface area contributed by atoms with Gasteiger partial charge in [0.1, 0.15) is 11.0 Å². The molecule has 2 aromatic rings. The number of ether oxygens (including phenoxy) is 2. The van der Waals surface area contributed by atoms with E-state index in [0.29, 0.717) is 24.5 Å². The molecule has 0 unspecified atom stereocenters. The van der Waals surface area contributed by atoms with Gasteiger partial charge in [-0.1, -0.05) is 6.08 Å². The van der Waals surface area contributed by atoms with E-state index in [0.717, 1.165) is 29.4 Å². The van der Waals surface area contributed by atoms with Crippen LogP contribution < -0.4 is 4.74 Å². The third-order valence-corrected chi connectivity index (χ3v) is 6.12. The summed E-state index contributed by atoms with van der Waals surface area (Å²) in [5.41, 5.74) is 0.953. The van der Waals surface area contributed by atoms with Crippen molar-refractivity contribution in [3.63, 3.8) is 0 Å². The predicted molar refractivity (Wildman–Crippen MR) is 113 cm³/mol. The van der Waals surface area contributed by atoms with Gasteiger partial charge >= 0.3 is 5.97 Å². The molecule has 1 aromatic heterocycles. The van der Waals surface area contributed by atoms with Crippen LogP contribution in [0.5, 0.6) is 5.75 Å². The number of carbonyl (C=O) groups is 1. The van der Waals surface area contributed by atoms with E-state index in [1.165, 1.54) is 7.11 Å². The Hall–Kier alpha value is -2.10. The molecule has 1 aliphatic heterocycles. The molecule has 150 valence electrons. The number of thioether (sulfide) groups is 1. The van der Waals surface area contributed by atoms with Crippen LogP contribution in [0.4, 0.5) is 0 Å². The van der Waals surface area contributed by atoms with Crippen molar-refractivity contribution >= 4 is 29.9 Å². The summed E-state index contributed by atoms with van der Waals surface area (Å²) in [5.74, 6) is 2.25. The second-order valence-electron chi connectivity index (χ2n) is 6.33. The summed E-state index contributed by atoms with van der Waals surface area (Å²) >= 11 is 7.30. The first-order chi connectivity index (χ1) is 13.6. The van der Waals surface area contributed by atoms with Crippen LogP contribution >= 0.6 is 24.0 Å². The summed E-state index contributed by atoms with van der Waals surface area (Å²) in [6, 6.07) is 7.73. The smallest absolute Gasteiger partial charge is 0.320 e. The van der Waals surface area contributed by atoms with Crippen molar-refractivity contribution in [3.05, 3.63) is 41.7 Å². The first-order valence-electron chi connectivity index (χ1n) is 8.92. The Balaban J connectivity index is 1.86. The number of hydrogen-bond donors (Lipinski definition) is 0. The quantitative estimate of drug-likeness (QED) is 0.388. The Bertz CT molecular complexity index is 892. The standard InChI is InChI=1S/C19H24N4O3S2/c1-4-9-22-17(14-5-7-15(25-2)8-6-14)20-23(19(22)27)13-21-10-11-28-16(12-21)18(24)26-3/h4-8,16H,1,9-13H2,2-3H3/t16-/m1/s1. The van der Waals surface area contributed by atoms with Crippen molar-refractivity contribution in [1.82, 2.24) is 19.2 Å². The third-order valence-electron chi connectivity index (χ3n) is 4.53. The predicted octanol–water partition coefficient (Wildman–Crippen LogP) is 2.82. The molecule has 1 aromatic carbocycles. The SMILES string of the molecule is C=CCn1c(-c2ccc(OC)cc2)nn(CN2CCS[C@@H](C(=O)OC)C2)c1=S. The Morgan fingerprint density at radius 1 is 1.39 bits per heavy atom. The van der Waals surface area contributed by atoms with Gasteiger partial charge in [-0.25, -0.2) is 4.68 Å². The van der Waals surface area contributed by atoms with E-state index in [4.69, 9.17) is 26.8 Å². The number of allylic oxidation sites excluding steroid dienone is 1. The highest BCUT2D eigenvalue weighted by Gasteiger charge is 2.27. The van der Waals surface area contributed by atoms with Gasteiger partial charge in [-0.15, -0.1) is 18.3 Å². The van der Waals surface area contributed by atoms with Gasteiger partial charge in [0.25, 0.3) is 0 Å². The van der Waals surface area contributed by atoms with E-state index in [1.54, 1.807) is 24.9 Å². The van der Waals surface area contributed by atoms with Gasteiger partial charge in [0.2, 0.25) is 0 Å². The molecule has 1 saturated heterocycles. The van der Waals surface area contributed by atoms with Crippen LogP contribution in [0, 0.1) is 4.77 Å². The largest absolute Gasteiger partial charge is 0.497 e. The monoisotopic (exact) mass is 420 g/mol. The van der Waals surface area contributed by atoms with Crippen molar-refractivity contribution in [2.24, 2.45) is 0 Å². The van der Waals surface area contributed by atoms with Crippen LogP contribution in [0.25, 0.3) is 11.4 Å². The molecular formula is C19H24N4O3S2. The van der Waals surface area contributed by atoms with Gasteiger partial charge in [-0.2, -0.15) is 5.10 Å².